The lowest BCUT2D eigenvalue weighted by atomic mass is 10.0. The van der Waals surface area contributed by atoms with Crippen LogP contribution in [0.15, 0.2) is 25.3 Å². The summed E-state index contributed by atoms with van der Waals surface area (Å²) >= 11 is 0. The molecule has 0 rings (SSSR count). The van der Waals surface area contributed by atoms with Crippen molar-refractivity contribution in [2.45, 2.75) is 39.7 Å². The Kier molecular flexibility index (Phi) is 8.58. The summed E-state index contributed by atoms with van der Waals surface area (Å²) in [4.78, 5) is 25.7. The van der Waals surface area contributed by atoms with Gasteiger partial charge in [-0.25, -0.2) is 0 Å². The van der Waals surface area contributed by atoms with E-state index in [0.717, 1.165) is 12.8 Å². The summed E-state index contributed by atoms with van der Waals surface area (Å²) < 4.78 is 0. The Bertz CT molecular complexity index is 312. The summed E-state index contributed by atoms with van der Waals surface area (Å²) in [5.74, 6) is -0.190. The topological polar surface area (TPSA) is 49.4 Å². The van der Waals surface area contributed by atoms with Crippen LogP contribution in [0.1, 0.15) is 33.6 Å². The standard InChI is InChI=1S/C15H26N2O2/c1-6-10-17(11-7-2)15(19)12(5)16-14(18)13(8-3)9-4/h6-7,12-13H,1-2,8-11H2,3-5H3,(H,16,18). The summed E-state index contributed by atoms with van der Waals surface area (Å²) in [6, 6.07) is -0.520. The van der Waals surface area contributed by atoms with E-state index in [2.05, 4.69) is 18.5 Å². The number of nitrogens with one attached hydrogen (secondary N) is 1. The molecule has 0 aromatic heterocycles. The highest BCUT2D eigenvalue weighted by Crippen LogP contribution is 2.08. The van der Waals surface area contributed by atoms with Gasteiger partial charge in [0.25, 0.3) is 0 Å². The lowest BCUT2D eigenvalue weighted by Gasteiger charge is -2.25. The van der Waals surface area contributed by atoms with Crippen molar-refractivity contribution in [2.24, 2.45) is 5.92 Å². The first-order chi connectivity index (χ1) is 9.01. The van der Waals surface area contributed by atoms with Crippen molar-refractivity contribution in [2.75, 3.05) is 13.1 Å². The van der Waals surface area contributed by atoms with Gasteiger partial charge >= 0.3 is 0 Å². The maximum absolute atomic E-state index is 12.2. The summed E-state index contributed by atoms with van der Waals surface area (Å²) in [5.41, 5.74) is 0. The zero-order valence-electron chi connectivity index (χ0n) is 12.3. The number of carbonyl (C=O) groups is 2. The molecular formula is C15H26N2O2. The smallest absolute Gasteiger partial charge is 0.245 e. The van der Waals surface area contributed by atoms with E-state index >= 15 is 0 Å². The number of rotatable bonds is 9. The highest BCUT2D eigenvalue weighted by atomic mass is 16.2. The van der Waals surface area contributed by atoms with Gasteiger partial charge in [-0.05, 0) is 19.8 Å². The average molecular weight is 266 g/mol. The number of hydrogen-bond donors (Lipinski definition) is 1. The van der Waals surface area contributed by atoms with Crippen molar-refractivity contribution < 1.29 is 9.59 Å². The molecule has 0 spiro atoms. The molecule has 0 fully saturated rings. The Hall–Kier alpha value is -1.58. The molecule has 0 heterocycles. The van der Waals surface area contributed by atoms with Crippen molar-refractivity contribution >= 4 is 11.8 Å². The fraction of sp³-hybridized carbons (Fsp3) is 0.600. The second-order valence-electron chi connectivity index (χ2n) is 4.56. The van der Waals surface area contributed by atoms with Crippen molar-refractivity contribution in [1.29, 1.82) is 0 Å². The van der Waals surface area contributed by atoms with Crippen molar-refractivity contribution in [1.82, 2.24) is 10.2 Å². The lowest BCUT2D eigenvalue weighted by molar-refractivity contribution is -0.136. The van der Waals surface area contributed by atoms with Crippen LogP contribution in [-0.2, 0) is 9.59 Å². The van der Waals surface area contributed by atoms with Gasteiger partial charge in [0.05, 0.1) is 0 Å². The molecule has 0 bridgehead atoms. The maximum Gasteiger partial charge on any atom is 0.245 e. The SMILES string of the molecule is C=CCN(CC=C)C(=O)C(C)NC(=O)C(CC)CC. The van der Waals surface area contributed by atoms with Crippen LogP contribution >= 0.6 is 0 Å². The molecule has 1 atom stereocenters. The van der Waals surface area contributed by atoms with Crippen LogP contribution in [0.3, 0.4) is 0 Å². The van der Waals surface area contributed by atoms with E-state index in [1.165, 1.54) is 0 Å². The van der Waals surface area contributed by atoms with Crippen molar-refractivity contribution in [3.05, 3.63) is 25.3 Å². The zero-order chi connectivity index (χ0) is 14.8. The third-order valence-electron chi connectivity index (χ3n) is 3.10. The van der Waals surface area contributed by atoms with Crippen LogP contribution in [0.25, 0.3) is 0 Å². The first-order valence-corrected chi connectivity index (χ1v) is 6.82. The van der Waals surface area contributed by atoms with Crippen LogP contribution < -0.4 is 5.32 Å². The van der Waals surface area contributed by atoms with Crippen LogP contribution in [0.4, 0.5) is 0 Å². The maximum atomic E-state index is 12.2. The van der Waals surface area contributed by atoms with E-state index in [9.17, 15) is 9.59 Å². The number of carbonyl (C=O) groups excluding carboxylic acids is 2. The average Bonchev–Trinajstić information content (AvgIpc) is 2.39. The highest BCUT2D eigenvalue weighted by molar-refractivity contribution is 5.88. The van der Waals surface area contributed by atoms with Gasteiger partial charge in [-0.3, -0.25) is 9.59 Å². The second kappa shape index (κ2) is 9.36. The molecule has 108 valence electrons. The van der Waals surface area contributed by atoms with Crippen molar-refractivity contribution in [3.63, 3.8) is 0 Å². The van der Waals surface area contributed by atoms with Gasteiger partial charge in [0.1, 0.15) is 6.04 Å². The summed E-state index contributed by atoms with van der Waals surface area (Å²) in [6.45, 7) is 13.8. The first-order valence-electron chi connectivity index (χ1n) is 6.82. The molecule has 4 heteroatoms. The molecule has 0 aromatic carbocycles. The van der Waals surface area contributed by atoms with Crippen LogP contribution in [-0.4, -0.2) is 35.8 Å². The number of hydrogen-bond acceptors (Lipinski definition) is 2. The second-order valence-corrected chi connectivity index (χ2v) is 4.56. The van der Waals surface area contributed by atoms with E-state index in [-0.39, 0.29) is 17.7 Å². The van der Waals surface area contributed by atoms with Gasteiger partial charge in [-0.15, -0.1) is 13.2 Å². The Morgan fingerprint density at radius 3 is 2.00 bits per heavy atom. The Balaban J connectivity index is 4.57. The monoisotopic (exact) mass is 266 g/mol. The van der Waals surface area contributed by atoms with Gasteiger partial charge in [-0.2, -0.15) is 0 Å². The van der Waals surface area contributed by atoms with E-state index in [4.69, 9.17) is 0 Å². The van der Waals surface area contributed by atoms with Gasteiger partial charge in [0, 0.05) is 19.0 Å². The summed E-state index contributed by atoms with van der Waals surface area (Å²) in [6.07, 6.45) is 4.90. The first kappa shape index (κ1) is 17.4. The van der Waals surface area contributed by atoms with Gasteiger partial charge in [-0.1, -0.05) is 26.0 Å². The predicted molar refractivity (Wildman–Crippen MR) is 78.7 cm³/mol. The Labute approximate surface area is 116 Å². The van der Waals surface area contributed by atoms with Gasteiger partial charge < -0.3 is 10.2 Å². The summed E-state index contributed by atoms with van der Waals surface area (Å²) in [5, 5.41) is 2.78. The fourth-order valence-corrected chi connectivity index (χ4v) is 1.89. The minimum Gasteiger partial charge on any atom is -0.344 e. The Morgan fingerprint density at radius 1 is 1.16 bits per heavy atom. The van der Waals surface area contributed by atoms with E-state index in [0.29, 0.717) is 13.1 Å². The minimum atomic E-state index is -0.520. The molecule has 0 aliphatic heterocycles. The van der Waals surface area contributed by atoms with E-state index in [1.54, 1.807) is 24.0 Å². The molecule has 0 saturated heterocycles. The normalized spacial score (nSPS) is 11.8. The number of amides is 2. The molecular weight excluding hydrogens is 240 g/mol. The highest BCUT2D eigenvalue weighted by Gasteiger charge is 2.23. The quantitative estimate of drug-likeness (QED) is 0.650. The van der Waals surface area contributed by atoms with Gasteiger partial charge in [0.15, 0.2) is 0 Å². The van der Waals surface area contributed by atoms with Gasteiger partial charge in [0.2, 0.25) is 11.8 Å². The number of nitrogens with zero attached hydrogens (tertiary/aromatic N) is 1. The van der Waals surface area contributed by atoms with Crippen LogP contribution in [0, 0.1) is 5.92 Å². The molecule has 1 N–H and O–H groups in total. The molecule has 1 unspecified atom stereocenters. The third-order valence-corrected chi connectivity index (χ3v) is 3.10. The summed E-state index contributed by atoms with van der Waals surface area (Å²) in [7, 11) is 0. The van der Waals surface area contributed by atoms with Crippen molar-refractivity contribution in [3.8, 4) is 0 Å². The molecule has 0 aliphatic rings. The zero-order valence-corrected chi connectivity index (χ0v) is 12.3. The molecule has 0 saturated carbocycles. The third kappa shape index (κ3) is 5.73. The minimum absolute atomic E-state index is 0.0255. The molecule has 0 aromatic rings. The lowest BCUT2D eigenvalue weighted by Crippen LogP contribution is -2.48. The predicted octanol–water partition coefficient (Wildman–Crippen LogP) is 2.13. The molecule has 19 heavy (non-hydrogen) atoms. The molecule has 0 radical (unpaired) electrons. The Morgan fingerprint density at radius 2 is 1.63 bits per heavy atom. The molecule has 0 aliphatic carbocycles. The molecule has 4 nitrogen and oxygen atoms in total. The van der Waals surface area contributed by atoms with Crippen LogP contribution in [0.5, 0.6) is 0 Å². The fourth-order valence-electron chi connectivity index (χ4n) is 1.89. The van der Waals surface area contributed by atoms with E-state index in [1.807, 2.05) is 13.8 Å². The van der Waals surface area contributed by atoms with E-state index < -0.39 is 6.04 Å². The van der Waals surface area contributed by atoms with Crippen LogP contribution in [0.2, 0.25) is 0 Å². The molecule has 2 amide bonds. The largest absolute Gasteiger partial charge is 0.344 e.